The number of likely N-dealkylation sites (N-methyl/N-ethyl adjacent to an activating group) is 2. The monoisotopic (exact) mass is 464 g/mol. The zero-order valence-electron chi connectivity index (χ0n) is 18.3. The van der Waals surface area contributed by atoms with Crippen LogP contribution in [0.2, 0.25) is 0 Å². The summed E-state index contributed by atoms with van der Waals surface area (Å²) in [6.45, 7) is 9.27. The predicted molar refractivity (Wildman–Crippen MR) is 135 cm³/mol. The van der Waals surface area contributed by atoms with E-state index in [4.69, 9.17) is 24.4 Å². The van der Waals surface area contributed by atoms with Crippen molar-refractivity contribution in [1.82, 2.24) is 9.80 Å². The lowest BCUT2D eigenvalue weighted by Crippen LogP contribution is -2.55. The van der Waals surface area contributed by atoms with Gasteiger partial charge in [-0.25, -0.2) is 0 Å². The van der Waals surface area contributed by atoms with E-state index in [1.165, 1.54) is 63.4 Å². The summed E-state index contributed by atoms with van der Waals surface area (Å²) in [5.74, 6) is 2.34. The lowest BCUT2D eigenvalue weighted by molar-refractivity contribution is -0.893. The molecule has 0 spiro atoms. The minimum Gasteiger partial charge on any atom is -0.346 e. The van der Waals surface area contributed by atoms with Gasteiger partial charge in [-0.15, -0.1) is 0 Å². The second kappa shape index (κ2) is 11.7. The van der Waals surface area contributed by atoms with E-state index in [-0.39, 0.29) is 0 Å². The van der Waals surface area contributed by atoms with Gasteiger partial charge in [0, 0.05) is 11.5 Å². The molecular formula is C20H40N4S4+2. The minimum absolute atomic E-state index is 1.11. The first-order chi connectivity index (χ1) is 13.2. The highest BCUT2D eigenvalue weighted by molar-refractivity contribution is 8.23. The molecule has 0 aromatic heterocycles. The molecule has 0 radical (unpaired) electrons. The molecule has 8 heteroatoms. The predicted octanol–water partition coefficient (Wildman–Crippen LogP) is 3.37. The van der Waals surface area contributed by atoms with Gasteiger partial charge in [0.15, 0.2) is 0 Å². The molecule has 0 N–H and O–H groups in total. The molecule has 2 fully saturated rings. The quantitative estimate of drug-likeness (QED) is 0.321. The van der Waals surface area contributed by atoms with Crippen molar-refractivity contribution in [2.24, 2.45) is 0 Å². The van der Waals surface area contributed by atoms with Crippen LogP contribution in [0, 0.1) is 0 Å². The normalized spacial score (nSPS) is 21.6. The number of rotatable bonds is 7. The summed E-state index contributed by atoms with van der Waals surface area (Å²) in [6, 6.07) is 0. The molecule has 2 saturated heterocycles. The van der Waals surface area contributed by atoms with E-state index in [9.17, 15) is 0 Å². The highest BCUT2D eigenvalue weighted by Crippen LogP contribution is 2.18. The molecule has 0 unspecified atom stereocenters. The molecule has 2 rings (SSSR count). The Hall–Kier alpha value is 0.400. The highest BCUT2D eigenvalue weighted by Gasteiger charge is 2.26. The summed E-state index contributed by atoms with van der Waals surface area (Å²) in [6.07, 6.45) is 5.16. The number of unbranched alkanes of at least 4 members (excludes halogenated alkanes) is 3. The van der Waals surface area contributed by atoms with Crippen LogP contribution < -0.4 is 0 Å². The lowest BCUT2D eigenvalue weighted by atomic mass is 10.2. The molecule has 0 aromatic carbocycles. The van der Waals surface area contributed by atoms with Crippen LogP contribution in [0.4, 0.5) is 0 Å². The van der Waals surface area contributed by atoms with Crippen molar-refractivity contribution < 1.29 is 8.97 Å². The van der Waals surface area contributed by atoms with E-state index in [1.807, 2.05) is 23.5 Å². The molecule has 0 saturated carbocycles. The Balaban J connectivity index is 1.43. The van der Waals surface area contributed by atoms with Gasteiger partial charge in [0.05, 0.1) is 80.5 Å². The molecule has 28 heavy (non-hydrogen) atoms. The maximum Gasteiger partial charge on any atom is 0.136 e. The van der Waals surface area contributed by atoms with Crippen molar-refractivity contribution in [2.75, 3.05) is 92.1 Å². The average molecular weight is 465 g/mol. The maximum absolute atomic E-state index is 5.63. The second-order valence-corrected chi connectivity index (χ2v) is 12.8. The van der Waals surface area contributed by atoms with Crippen LogP contribution >= 0.6 is 48.0 Å². The molecule has 2 aliphatic heterocycles. The summed E-state index contributed by atoms with van der Waals surface area (Å²) in [4.78, 5) is 4.81. The summed E-state index contributed by atoms with van der Waals surface area (Å²) >= 11 is 15.0. The van der Waals surface area contributed by atoms with Gasteiger partial charge in [-0.3, -0.25) is 0 Å². The van der Waals surface area contributed by atoms with Crippen LogP contribution in [0.1, 0.15) is 25.7 Å². The van der Waals surface area contributed by atoms with Crippen molar-refractivity contribution >= 4 is 56.6 Å². The third-order valence-electron chi connectivity index (χ3n) is 5.91. The number of quaternary nitrogens is 2. The van der Waals surface area contributed by atoms with Crippen molar-refractivity contribution in [3.05, 3.63) is 0 Å². The van der Waals surface area contributed by atoms with Gasteiger partial charge in [-0.1, -0.05) is 60.8 Å². The van der Waals surface area contributed by atoms with Gasteiger partial charge >= 0.3 is 0 Å². The minimum atomic E-state index is 1.11. The first-order valence-corrected chi connectivity index (χ1v) is 13.4. The van der Waals surface area contributed by atoms with Gasteiger partial charge in [0.2, 0.25) is 0 Å². The Morgan fingerprint density at radius 1 is 0.643 bits per heavy atom. The summed E-state index contributed by atoms with van der Waals surface area (Å²) in [5, 5.41) is 0. The van der Waals surface area contributed by atoms with Gasteiger partial charge in [-0.05, 0) is 12.8 Å². The molecule has 162 valence electrons. The number of hydrogen-bond acceptors (Lipinski definition) is 4. The number of piperazine rings is 2. The topological polar surface area (TPSA) is 6.48 Å². The van der Waals surface area contributed by atoms with Crippen LogP contribution in [0.5, 0.6) is 0 Å². The molecule has 0 aliphatic carbocycles. The van der Waals surface area contributed by atoms with Crippen molar-refractivity contribution in [2.45, 2.75) is 25.7 Å². The first kappa shape index (κ1) is 24.7. The number of nitrogens with zero attached hydrogens (tertiary/aromatic N) is 4. The number of hydrogen-bond donors (Lipinski definition) is 0. The van der Waals surface area contributed by atoms with Crippen LogP contribution in [0.25, 0.3) is 0 Å². The number of thiocarbonyl (C=S) groups is 2. The van der Waals surface area contributed by atoms with E-state index in [0.29, 0.717) is 0 Å². The molecule has 0 amide bonds. The van der Waals surface area contributed by atoms with E-state index in [1.54, 1.807) is 0 Å². The van der Waals surface area contributed by atoms with Crippen molar-refractivity contribution in [3.63, 3.8) is 0 Å². The maximum atomic E-state index is 5.63. The smallest absolute Gasteiger partial charge is 0.136 e. The zero-order chi connectivity index (χ0) is 20.6. The van der Waals surface area contributed by atoms with E-state index in [0.717, 1.165) is 43.8 Å². The van der Waals surface area contributed by atoms with Crippen LogP contribution in [-0.4, -0.2) is 119 Å². The van der Waals surface area contributed by atoms with Gasteiger partial charge in [0.1, 0.15) is 8.64 Å². The fraction of sp³-hybridized carbons (Fsp3) is 0.900. The Morgan fingerprint density at radius 3 is 1.29 bits per heavy atom. The Labute approximate surface area is 192 Å². The average Bonchev–Trinajstić information content (AvgIpc) is 2.63. The second-order valence-electron chi connectivity index (χ2n) is 9.38. The van der Waals surface area contributed by atoms with Gasteiger partial charge in [-0.2, -0.15) is 0 Å². The molecule has 0 atom stereocenters. The molecule has 0 bridgehead atoms. The Bertz CT molecular complexity index is 458. The van der Waals surface area contributed by atoms with Crippen LogP contribution in [0.3, 0.4) is 0 Å². The van der Waals surface area contributed by atoms with E-state index < -0.39 is 0 Å². The van der Waals surface area contributed by atoms with Gasteiger partial charge < -0.3 is 18.8 Å². The highest BCUT2D eigenvalue weighted by atomic mass is 32.2. The van der Waals surface area contributed by atoms with Crippen LogP contribution in [-0.2, 0) is 0 Å². The third kappa shape index (κ3) is 9.04. The summed E-state index contributed by atoms with van der Waals surface area (Å²) in [5.41, 5.74) is 0. The molecular weight excluding hydrogens is 425 g/mol. The van der Waals surface area contributed by atoms with Crippen molar-refractivity contribution in [1.29, 1.82) is 0 Å². The van der Waals surface area contributed by atoms with E-state index in [2.05, 4.69) is 38.0 Å². The summed E-state index contributed by atoms with van der Waals surface area (Å²) in [7, 11) is 9.24. The fourth-order valence-electron chi connectivity index (χ4n) is 3.44. The van der Waals surface area contributed by atoms with Crippen LogP contribution in [0.15, 0.2) is 0 Å². The standard InChI is InChI=1S/C20H40N4S4/c1-23(2)13-9-21(10-14-23)19(25)27-17-7-5-6-8-18-28-20(26)22-11-15-24(3,4)16-12-22/h5-18H2,1-4H3/q+2. The van der Waals surface area contributed by atoms with Gasteiger partial charge in [0.25, 0.3) is 0 Å². The fourth-order valence-corrected chi connectivity index (χ4v) is 6.08. The SMILES string of the molecule is C[N+]1(C)CCN(C(=S)SCCCCCCSC(=S)N2CC[N+](C)(C)CC2)CC1. The number of thioether (sulfide) groups is 2. The van der Waals surface area contributed by atoms with E-state index >= 15 is 0 Å². The largest absolute Gasteiger partial charge is 0.346 e. The summed E-state index contributed by atoms with van der Waals surface area (Å²) < 4.78 is 4.48. The molecule has 2 aliphatic rings. The molecule has 2 heterocycles. The Kier molecular flexibility index (Phi) is 10.3. The van der Waals surface area contributed by atoms with Crippen molar-refractivity contribution in [3.8, 4) is 0 Å². The molecule has 4 nitrogen and oxygen atoms in total. The Morgan fingerprint density at radius 2 is 0.964 bits per heavy atom. The lowest BCUT2D eigenvalue weighted by Gasteiger charge is -2.39. The first-order valence-electron chi connectivity index (χ1n) is 10.7. The zero-order valence-corrected chi connectivity index (χ0v) is 21.6. The molecule has 0 aromatic rings. The third-order valence-corrected chi connectivity index (χ3v) is 9.13.